The topological polar surface area (TPSA) is 125 Å². The second-order valence-corrected chi connectivity index (χ2v) is 6.86. The molecule has 0 heterocycles. The van der Waals surface area contributed by atoms with Gasteiger partial charge in [0.05, 0.1) is 23.1 Å². The SMILES string of the molecule is CC(=N)C(C#N)C(=O)COC(=O)CCS(=O)(=O)c1ccccc1. The maximum Gasteiger partial charge on any atom is 0.307 e. The van der Waals surface area contributed by atoms with Crippen molar-refractivity contribution in [3.8, 4) is 6.07 Å². The van der Waals surface area contributed by atoms with Gasteiger partial charge in [-0.1, -0.05) is 18.2 Å². The van der Waals surface area contributed by atoms with Crippen molar-refractivity contribution in [1.82, 2.24) is 0 Å². The number of Topliss-reactive ketones (excluding diaryl/α,β-unsaturated/α-hetero) is 1. The third-order valence-electron chi connectivity index (χ3n) is 2.94. The zero-order valence-corrected chi connectivity index (χ0v) is 13.3. The smallest absolute Gasteiger partial charge is 0.307 e. The number of carbonyl (C=O) groups is 2. The number of ether oxygens (including phenoxy) is 1. The predicted molar refractivity (Wildman–Crippen MR) is 81.6 cm³/mol. The van der Waals surface area contributed by atoms with E-state index in [-0.39, 0.29) is 10.6 Å². The molecule has 0 bridgehead atoms. The fourth-order valence-electron chi connectivity index (χ4n) is 1.68. The number of sulfone groups is 1. The Hall–Kier alpha value is -2.53. The first-order valence-electron chi connectivity index (χ1n) is 6.68. The number of carbonyl (C=O) groups excluding carboxylic acids is 2. The lowest BCUT2D eigenvalue weighted by Crippen LogP contribution is -2.26. The van der Waals surface area contributed by atoms with Gasteiger partial charge in [-0.05, 0) is 19.1 Å². The van der Waals surface area contributed by atoms with Gasteiger partial charge in [0.1, 0.15) is 5.92 Å². The van der Waals surface area contributed by atoms with Gasteiger partial charge < -0.3 is 10.1 Å². The molecule has 0 aliphatic rings. The number of benzene rings is 1. The van der Waals surface area contributed by atoms with Crippen molar-refractivity contribution in [2.45, 2.75) is 18.2 Å². The molecule has 1 rings (SSSR count). The van der Waals surface area contributed by atoms with E-state index in [1.165, 1.54) is 19.1 Å². The fraction of sp³-hybridized carbons (Fsp3) is 0.333. The van der Waals surface area contributed by atoms with Gasteiger partial charge in [0.15, 0.2) is 22.2 Å². The van der Waals surface area contributed by atoms with Crippen LogP contribution in [-0.2, 0) is 24.2 Å². The molecule has 0 fully saturated rings. The Morgan fingerprint density at radius 3 is 2.43 bits per heavy atom. The number of esters is 1. The number of nitrogens with zero attached hydrogens (tertiary/aromatic N) is 1. The van der Waals surface area contributed by atoms with Crippen molar-refractivity contribution < 1.29 is 22.7 Å². The number of ketones is 1. The van der Waals surface area contributed by atoms with E-state index in [2.05, 4.69) is 4.74 Å². The molecule has 122 valence electrons. The summed E-state index contributed by atoms with van der Waals surface area (Å²) in [6.45, 7) is 0.651. The van der Waals surface area contributed by atoms with E-state index in [0.717, 1.165) is 0 Å². The minimum atomic E-state index is -3.60. The van der Waals surface area contributed by atoms with Crippen LogP contribution in [-0.4, -0.2) is 38.2 Å². The molecule has 0 radical (unpaired) electrons. The van der Waals surface area contributed by atoms with Crippen molar-refractivity contribution in [2.75, 3.05) is 12.4 Å². The normalized spacial score (nSPS) is 12.0. The highest BCUT2D eigenvalue weighted by atomic mass is 32.2. The molecule has 0 saturated carbocycles. The van der Waals surface area contributed by atoms with Crippen LogP contribution < -0.4 is 0 Å². The van der Waals surface area contributed by atoms with E-state index in [4.69, 9.17) is 10.7 Å². The molecule has 0 saturated heterocycles. The Morgan fingerprint density at radius 1 is 1.30 bits per heavy atom. The van der Waals surface area contributed by atoms with E-state index in [0.29, 0.717) is 0 Å². The summed E-state index contributed by atoms with van der Waals surface area (Å²) >= 11 is 0. The first kappa shape index (κ1) is 18.5. The molecule has 23 heavy (non-hydrogen) atoms. The predicted octanol–water partition coefficient (Wildman–Crippen LogP) is 1.14. The Morgan fingerprint density at radius 2 is 1.91 bits per heavy atom. The monoisotopic (exact) mass is 336 g/mol. The van der Waals surface area contributed by atoms with E-state index >= 15 is 0 Å². The lowest BCUT2D eigenvalue weighted by molar-refractivity contribution is -0.147. The summed E-state index contributed by atoms with van der Waals surface area (Å²) in [6, 6.07) is 9.32. The molecule has 0 aliphatic heterocycles. The lowest BCUT2D eigenvalue weighted by Gasteiger charge is -2.08. The van der Waals surface area contributed by atoms with E-state index in [1.54, 1.807) is 24.3 Å². The Labute approximate surface area is 134 Å². The van der Waals surface area contributed by atoms with Gasteiger partial charge in [-0.25, -0.2) is 8.42 Å². The number of nitrogens with one attached hydrogen (secondary N) is 1. The van der Waals surface area contributed by atoms with Crippen LogP contribution in [0.25, 0.3) is 0 Å². The van der Waals surface area contributed by atoms with Crippen LogP contribution in [0, 0.1) is 22.7 Å². The molecular formula is C15H16N2O5S. The molecule has 0 aromatic heterocycles. The first-order chi connectivity index (χ1) is 10.8. The Balaban J connectivity index is 2.51. The molecule has 8 heteroatoms. The second-order valence-electron chi connectivity index (χ2n) is 4.75. The molecule has 7 nitrogen and oxygen atoms in total. The summed E-state index contributed by atoms with van der Waals surface area (Å²) in [5, 5.41) is 16.0. The van der Waals surface area contributed by atoms with Gasteiger partial charge >= 0.3 is 5.97 Å². The number of hydrogen-bond donors (Lipinski definition) is 1. The van der Waals surface area contributed by atoms with Crippen LogP contribution in [0.1, 0.15) is 13.3 Å². The molecule has 1 aromatic rings. The standard InChI is InChI=1S/C15H16N2O5S/c1-11(17)13(9-16)14(18)10-22-15(19)7-8-23(20,21)12-5-3-2-4-6-12/h2-6,13,17H,7-8,10H2,1H3. The average molecular weight is 336 g/mol. The summed E-state index contributed by atoms with van der Waals surface area (Å²) < 4.78 is 28.6. The van der Waals surface area contributed by atoms with Gasteiger partial charge in [0, 0.05) is 5.71 Å². The minimum Gasteiger partial charge on any atom is -0.458 e. The van der Waals surface area contributed by atoms with E-state index < -0.39 is 46.3 Å². The number of hydrogen-bond acceptors (Lipinski definition) is 7. The lowest BCUT2D eigenvalue weighted by atomic mass is 10.0. The minimum absolute atomic E-state index is 0.104. The molecule has 1 aromatic carbocycles. The fourth-order valence-corrected chi connectivity index (χ4v) is 2.92. The van der Waals surface area contributed by atoms with Gasteiger partial charge in [-0.3, -0.25) is 9.59 Å². The van der Waals surface area contributed by atoms with Crippen molar-refractivity contribution >= 4 is 27.3 Å². The van der Waals surface area contributed by atoms with Crippen molar-refractivity contribution in [1.29, 1.82) is 10.7 Å². The van der Waals surface area contributed by atoms with Gasteiger partial charge in [0.2, 0.25) is 0 Å². The molecular weight excluding hydrogens is 320 g/mol. The third kappa shape index (κ3) is 5.64. The Kier molecular flexibility index (Phi) is 6.60. The maximum atomic E-state index is 12.0. The van der Waals surface area contributed by atoms with E-state index in [9.17, 15) is 18.0 Å². The van der Waals surface area contributed by atoms with Crippen LogP contribution in [0.4, 0.5) is 0 Å². The molecule has 1 N–H and O–H groups in total. The quantitative estimate of drug-likeness (QED) is 0.560. The largest absolute Gasteiger partial charge is 0.458 e. The van der Waals surface area contributed by atoms with Gasteiger partial charge in [0.25, 0.3) is 0 Å². The van der Waals surface area contributed by atoms with Crippen LogP contribution in [0.3, 0.4) is 0 Å². The Bertz CT molecular complexity index is 735. The summed E-state index contributed by atoms with van der Waals surface area (Å²) in [6.07, 6.45) is -0.398. The summed E-state index contributed by atoms with van der Waals surface area (Å²) in [7, 11) is -3.60. The zero-order valence-electron chi connectivity index (χ0n) is 12.5. The number of nitriles is 1. The summed E-state index contributed by atoms with van der Waals surface area (Å²) in [5.41, 5.74) is -0.139. The highest BCUT2D eigenvalue weighted by Gasteiger charge is 2.22. The first-order valence-corrected chi connectivity index (χ1v) is 8.34. The van der Waals surface area contributed by atoms with Crippen LogP contribution in [0.5, 0.6) is 0 Å². The highest BCUT2D eigenvalue weighted by molar-refractivity contribution is 7.91. The van der Waals surface area contributed by atoms with E-state index in [1.807, 2.05) is 0 Å². The van der Waals surface area contributed by atoms with Crippen molar-refractivity contribution in [3.63, 3.8) is 0 Å². The molecule has 1 unspecified atom stereocenters. The van der Waals surface area contributed by atoms with Gasteiger partial charge in [-0.15, -0.1) is 0 Å². The van der Waals surface area contributed by atoms with Crippen molar-refractivity contribution in [2.24, 2.45) is 5.92 Å². The molecule has 0 aliphatic carbocycles. The van der Waals surface area contributed by atoms with Gasteiger partial charge in [-0.2, -0.15) is 5.26 Å². The number of rotatable bonds is 8. The van der Waals surface area contributed by atoms with Crippen LogP contribution in [0.2, 0.25) is 0 Å². The average Bonchev–Trinajstić information content (AvgIpc) is 2.52. The molecule has 0 amide bonds. The van der Waals surface area contributed by atoms with Crippen LogP contribution >= 0.6 is 0 Å². The second kappa shape index (κ2) is 8.19. The zero-order chi connectivity index (χ0) is 17.5. The molecule has 0 spiro atoms. The maximum absolute atomic E-state index is 12.0. The molecule has 1 atom stereocenters. The highest BCUT2D eigenvalue weighted by Crippen LogP contribution is 2.11. The third-order valence-corrected chi connectivity index (χ3v) is 4.67. The summed E-state index contributed by atoms with van der Waals surface area (Å²) in [4.78, 5) is 23.2. The van der Waals surface area contributed by atoms with Crippen LogP contribution in [0.15, 0.2) is 35.2 Å². The summed E-state index contributed by atoms with van der Waals surface area (Å²) in [5.74, 6) is -3.25. The van der Waals surface area contributed by atoms with Crippen molar-refractivity contribution in [3.05, 3.63) is 30.3 Å².